The van der Waals surface area contributed by atoms with Crippen molar-refractivity contribution in [3.8, 4) is 0 Å². The molecule has 1 aromatic carbocycles. The van der Waals surface area contributed by atoms with E-state index in [0.717, 1.165) is 41.3 Å². The Kier molecular flexibility index (Phi) is 3.18. The summed E-state index contributed by atoms with van der Waals surface area (Å²) in [6.45, 7) is 0. The van der Waals surface area contributed by atoms with Crippen molar-refractivity contribution in [3.63, 3.8) is 0 Å². The number of fused-ring (bicyclic) bond motifs is 3. The van der Waals surface area contributed by atoms with Crippen LogP contribution in [0.4, 0.5) is 5.69 Å². The molecule has 1 aliphatic carbocycles. The number of carbonyl (C=O) groups excluding carboxylic acids is 2. The van der Waals surface area contributed by atoms with Crippen LogP contribution in [0.3, 0.4) is 0 Å². The molecule has 0 spiro atoms. The topological polar surface area (TPSA) is 91.1 Å². The van der Waals surface area contributed by atoms with Gasteiger partial charge in [0.25, 0.3) is 5.56 Å². The minimum atomic E-state index is -0.475. The van der Waals surface area contributed by atoms with E-state index in [0.29, 0.717) is 18.5 Å². The Bertz CT molecular complexity index is 885. The van der Waals surface area contributed by atoms with Crippen LogP contribution in [0.2, 0.25) is 0 Å². The van der Waals surface area contributed by atoms with Gasteiger partial charge in [0.15, 0.2) is 0 Å². The lowest BCUT2D eigenvalue weighted by molar-refractivity contribution is -0.122. The Morgan fingerprint density at radius 2 is 1.96 bits per heavy atom. The SMILES string of the molecule is O=C1CCC(C(=O)Nc2ccc3c4c(c(=O)[nH]c3c2)CCC4)N1. The van der Waals surface area contributed by atoms with Crippen molar-refractivity contribution < 1.29 is 9.59 Å². The van der Waals surface area contributed by atoms with Crippen LogP contribution < -0.4 is 16.2 Å². The molecule has 1 fully saturated rings. The number of hydrogen-bond acceptors (Lipinski definition) is 3. The van der Waals surface area contributed by atoms with Crippen molar-refractivity contribution in [2.24, 2.45) is 0 Å². The van der Waals surface area contributed by atoms with Gasteiger partial charge in [-0.05, 0) is 43.4 Å². The molecule has 0 radical (unpaired) electrons. The van der Waals surface area contributed by atoms with Crippen LogP contribution in [-0.4, -0.2) is 22.8 Å². The lowest BCUT2D eigenvalue weighted by Crippen LogP contribution is -2.37. The number of amides is 2. The molecular weight excluding hydrogens is 294 g/mol. The Morgan fingerprint density at radius 3 is 2.74 bits per heavy atom. The summed E-state index contributed by atoms with van der Waals surface area (Å²) in [5, 5.41) is 6.50. The minimum absolute atomic E-state index is 0.0310. The Morgan fingerprint density at radius 1 is 1.13 bits per heavy atom. The van der Waals surface area contributed by atoms with E-state index in [-0.39, 0.29) is 17.4 Å². The molecule has 6 heteroatoms. The molecule has 0 saturated carbocycles. The number of anilines is 1. The summed E-state index contributed by atoms with van der Waals surface area (Å²) in [5.74, 6) is -0.317. The first kappa shape index (κ1) is 14.0. The third-order valence-corrected chi connectivity index (χ3v) is 4.66. The van der Waals surface area contributed by atoms with E-state index in [2.05, 4.69) is 15.6 Å². The number of benzene rings is 1. The molecule has 1 atom stereocenters. The molecule has 6 nitrogen and oxygen atoms in total. The van der Waals surface area contributed by atoms with Gasteiger partial charge in [0, 0.05) is 23.1 Å². The summed E-state index contributed by atoms with van der Waals surface area (Å²) in [6, 6.07) is 5.09. The van der Waals surface area contributed by atoms with Crippen LogP contribution in [0, 0.1) is 0 Å². The van der Waals surface area contributed by atoms with Gasteiger partial charge in [-0.2, -0.15) is 0 Å². The first-order valence-electron chi connectivity index (χ1n) is 7.90. The average Bonchev–Trinajstić information content (AvgIpc) is 3.16. The number of carbonyl (C=O) groups is 2. The summed E-state index contributed by atoms with van der Waals surface area (Å²) in [5.41, 5.74) is 3.35. The molecule has 1 saturated heterocycles. The largest absolute Gasteiger partial charge is 0.344 e. The van der Waals surface area contributed by atoms with E-state index >= 15 is 0 Å². The van der Waals surface area contributed by atoms with Crippen LogP contribution in [0.5, 0.6) is 0 Å². The quantitative estimate of drug-likeness (QED) is 0.779. The molecule has 1 unspecified atom stereocenters. The number of nitrogens with one attached hydrogen (secondary N) is 3. The minimum Gasteiger partial charge on any atom is -0.344 e. The molecule has 1 aromatic heterocycles. The van der Waals surface area contributed by atoms with Crippen molar-refractivity contribution in [2.45, 2.75) is 38.1 Å². The molecule has 0 bridgehead atoms. The van der Waals surface area contributed by atoms with Crippen molar-refractivity contribution in [3.05, 3.63) is 39.7 Å². The summed E-state index contributed by atoms with van der Waals surface area (Å²) >= 11 is 0. The number of H-pyrrole nitrogens is 1. The predicted octanol–water partition coefficient (Wildman–Crippen LogP) is 1.23. The lowest BCUT2D eigenvalue weighted by Gasteiger charge is -2.12. The molecule has 118 valence electrons. The third-order valence-electron chi connectivity index (χ3n) is 4.66. The van der Waals surface area contributed by atoms with E-state index in [1.54, 1.807) is 6.07 Å². The second kappa shape index (κ2) is 5.22. The van der Waals surface area contributed by atoms with Gasteiger partial charge in [-0.15, -0.1) is 0 Å². The third kappa shape index (κ3) is 2.40. The summed E-state index contributed by atoms with van der Waals surface area (Å²) in [4.78, 5) is 38.4. The number of aryl methyl sites for hydroxylation is 1. The molecule has 3 N–H and O–H groups in total. The Balaban J connectivity index is 1.64. The number of pyridine rings is 1. The number of aromatic nitrogens is 1. The highest BCUT2D eigenvalue weighted by atomic mass is 16.2. The monoisotopic (exact) mass is 311 g/mol. The fraction of sp³-hybridized carbons (Fsp3) is 0.353. The second-order valence-corrected chi connectivity index (χ2v) is 6.17. The van der Waals surface area contributed by atoms with E-state index in [9.17, 15) is 14.4 Å². The van der Waals surface area contributed by atoms with E-state index in [4.69, 9.17) is 0 Å². The Labute approximate surface area is 132 Å². The molecule has 4 rings (SSSR count). The predicted molar refractivity (Wildman–Crippen MR) is 86.4 cm³/mol. The normalized spacial score (nSPS) is 19.7. The molecule has 2 aliphatic rings. The van der Waals surface area contributed by atoms with Gasteiger partial charge < -0.3 is 15.6 Å². The fourth-order valence-electron chi connectivity index (χ4n) is 3.52. The first-order valence-corrected chi connectivity index (χ1v) is 7.90. The van der Waals surface area contributed by atoms with Crippen LogP contribution in [0.1, 0.15) is 30.4 Å². The molecular formula is C17H17N3O3. The van der Waals surface area contributed by atoms with Crippen molar-refractivity contribution in [2.75, 3.05) is 5.32 Å². The van der Waals surface area contributed by atoms with Crippen molar-refractivity contribution in [1.82, 2.24) is 10.3 Å². The summed E-state index contributed by atoms with van der Waals surface area (Å²) < 4.78 is 0. The van der Waals surface area contributed by atoms with Crippen LogP contribution in [0.25, 0.3) is 10.9 Å². The molecule has 2 aromatic rings. The molecule has 1 aliphatic heterocycles. The van der Waals surface area contributed by atoms with Crippen molar-refractivity contribution >= 4 is 28.4 Å². The van der Waals surface area contributed by atoms with Gasteiger partial charge in [0.05, 0.1) is 5.52 Å². The highest BCUT2D eigenvalue weighted by molar-refractivity contribution is 6.00. The standard InChI is InChI=1S/C17H17N3O3/c21-15-7-6-13(19-15)17(23)18-9-4-5-11-10-2-1-3-12(10)16(22)20-14(11)8-9/h4-5,8,13H,1-3,6-7H2,(H,18,23)(H,19,21)(H,20,22). The Hall–Kier alpha value is -2.63. The van der Waals surface area contributed by atoms with E-state index < -0.39 is 6.04 Å². The van der Waals surface area contributed by atoms with Crippen molar-refractivity contribution in [1.29, 1.82) is 0 Å². The van der Waals surface area contributed by atoms with Gasteiger partial charge in [-0.1, -0.05) is 6.07 Å². The molecule has 2 amide bonds. The van der Waals surface area contributed by atoms with Crippen LogP contribution in [0.15, 0.2) is 23.0 Å². The average molecular weight is 311 g/mol. The van der Waals surface area contributed by atoms with Crippen LogP contribution >= 0.6 is 0 Å². The fourth-order valence-corrected chi connectivity index (χ4v) is 3.52. The maximum atomic E-state index is 12.2. The van der Waals surface area contributed by atoms with E-state index in [1.807, 2.05) is 12.1 Å². The second-order valence-electron chi connectivity index (χ2n) is 6.17. The highest BCUT2D eigenvalue weighted by Crippen LogP contribution is 2.27. The smallest absolute Gasteiger partial charge is 0.251 e. The lowest BCUT2D eigenvalue weighted by atomic mass is 10.1. The van der Waals surface area contributed by atoms with Crippen LogP contribution in [-0.2, 0) is 22.4 Å². The zero-order valence-corrected chi connectivity index (χ0v) is 12.6. The maximum Gasteiger partial charge on any atom is 0.251 e. The van der Waals surface area contributed by atoms with Gasteiger partial charge in [-0.3, -0.25) is 14.4 Å². The van der Waals surface area contributed by atoms with Gasteiger partial charge in [-0.25, -0.2) is 0 Å². The zero-order valence-electron chi connectivity index (χ0n) is 12.6. The maximum absolute atomic E-state index is 12.2. The molecule has 23 heavy (non-hydrogen) atoms. The highest BCUT2D eigenvalue weighted by Gasteiger charge is 2.27. The number of aromatic amines is 1. The number of hydrogen-bond donors (Lipinski definition) is 3. The summed E-state index contributed by atoms with van der Waals surface area (Å²) in [6.07, 6.45) is 3.67. The molecule has 2 heterocycles. The zero-order chi connectivity index (χ0) is 16.0. The van der Waals surface area contributed by atoms with E-state index in [1.165, 1.54) is 0 Å². The van der Waals surface area contributed by atoms with Gasteiger partial charge in [0.2, 0.25) is 11.8 Å². The first-order chi connectivity index (χ1) is 11.1. The number of rotatable bonds is 2. The summed E-state index contributed by atoms with van der Waals surface area (Å²) in [7, 11) is 0. The van der Waals surface area contributed by atoms with Gasteiger partial charge >= 0.3 is 0 Å². The van der Waals surface area contributed by atoms with Gasteiger partial charge in [0.1, 0.15) is 6.04 Å².